The lowest BCUT2D eigenvalue weighted by atomic mass is 9.88. The van der Waals surface area contributed by atoms with Crippen molar-refractivity contribution in [1.82, 2.24) is 14.3 Å². The number of nitrogens with zero attached hydrogens (tertiary/aromatic N) is 2. The maximum Gasteiger partial charge on any atom is 0.250 e. The number of carbonyl (C=O) groups excluding carboxylic acids is 1. The van der Waals surface area contributed by atoms with Crippen LogP contribution in [-0.2, 0) is 10.0 Å². The van der Waals surface area contributed by atoms with E-state index in [0.29, 0.717) is 18.7 Å². The van der Waals surface area contributed by atoms with Gasteiger partial charge in [-0.05, 0) is 66.6 Å². The van der Waals surface area contributed by atoms with Gasteiger partial charge < -0.3 is 10.7 Å². The quantitative estimate of drug-likeness (QED) is 0.671. The molecule has 3 N–H and O–H groups in total. The smallest absolute Gasteiger partial charge is 0.250 e. The molecule has 0 unspecified atom stereocenters. The van der Waals surface area contributed by atoms with E-state index < -0.39 is 15.9 Å². The zero-order chi connectivity index (χ0) is 20.6. The fourth-order valence-electron chi connectivity index (χ4n) is 4.12. The van der Waals surface area contributed by atoms with Crippen LogP contribution in [0.15, 0.2) is 42.9 Å². The molecule has 29 heavy (non-hydrogen) atoms. The summed E-state index contributed by atoms with van der Waals surface area (Å²) in [6.45, 7) is 2.70. The van der Waals surface area contributed by atoms with Crippen LogP contribution in [0.1, 0.15) is 41.6 Å². The lowest BCUT2D eigenvalue weighted by Gasteiger charge is -2.31. The predicted molar refractivity (Wildman–Crippen MR) is 113 cm³/mol. The summed E-state index contributed by atoms with van der Waals surface area (Å²) in [6.07, 6.45) is 6.86. The van der Waals surface area contributed by atoms with Crippen LogP contribution in [0.3, 0.4) is 0 Å². The fraction of sp³-hybridized carbons (Fsp3) is 0.333. The largest absolute Gasteiger partial charge is 0.366 e. The summed E-state index contributed by atoms with van der Waals surface area (Å²) in [7, 11) is -3.16. The molecule has 2 aromatic heterocycles. The van der Waals surface area contributed by atoms with Gasteiger partial charge in [-0.2, -0.15) is 0 Å². The number of hydrogen-bond acceptors (Lipinski definition) is 4. The first-order valence-corrected chi connectivity index (χ1v) is 11.3. The van der Waals surface area contributed by atoms with Gasteiger partial charge in [-0.3, -0.25) is 9.78 Å². The Morgan fingerprint density at radius 2 is 1.90 bits per heavy atom. The summed E-state index contributed by atoms with van der Waals surface area (Å²) in [5.41, 5.74) is 9.80. The molecule has 1 amide bonds. The number of sulfonamides is 1. The monoisotopic (exact) mass is 412 g/mol. The highest BCUT2D eigenvalue weighted by Crippen LogP contribution is 2.37. The molecule has 1 fully saturated rings. The summed E-state index contributed by atoms with van der Waals surface area (Å²) in [6, 6.07) is 7.66. The third-order valence-corrected chi connectivity index (χ3v) is 7.63. The Kier molecular flexibility index (Phi) is 5.14. The van der Waals surface area contributed by atoms with E-state index in [0.717, 1.165) is 40.4 Å². The zero-order valence-corrected chi connectivity index (χ0v) is 17.1. The van der Waals surface area contributed by atoms with Gasteiger partial charge in [0.25, 0.3) is 5.91 Å². The first-order chi connectivity index (χ1) is 13.9. The molecule has 1 aliphatic rings. The average molecular weight is 413 g/mol. The van der Waals surface area contributed by atoms with Crippen molar-refractivity contribution >= 4 is 26.8 Å². The molecule has 1 aromatic carbocycles. The molecule has 7 nitrogen and oxygen atoms in total. The average Bonchev–Trinajstić information content (AvgIpc) is 3.17. The van der Waals surface area contributed by atoms with Crippen LogP contribution in [-0.4, -0.2) is 47.4 Å². The number of nitrogens with two attached hydrogens (primary N) is 1. The van der Waals surface area contributed by atoms with Crippen molar-refractivity contribution in [1.29, 1.82) is 0 Å². The van der Waals surface area contributed by atoms with E-state index in [1.165, 1.54) is 0 Å². The summed E-state index contributed by atoms with van der Waals surface area (Å²) in [5.74, 6) is -0.134. The fourth-order valence-corrected chi connectivity index (χ4v) is 5.26. The third-order valence-electron chi connectivity index (χ3n) is 5.75. The normalized spacial score (nSPS) is 16.3. The maximum atomic E-state index is 12.1. The Bertz CT molecular complexity index is 1150. The van der Waals surface area contributed by atoms with E-state index in [1.807, 2.05) is 18.3 Å². The Hall–Kier alpha value is -2.71. The zero-order valence-electron chi connectivity index (χ0n) is 16.3. The number of nitrogens with one attached hydrogen (secondary N) is 1. The molecule has 0 spiro atoms. The van der Waals surface area contributed by atoms with Crippen molar-refractivity contribution < 1.29 is 13.2 Å². The van der Waals surface area contributed by atoms with Crippen LogP contribution in [0.4, 0.5) is 0 Å². The van der Waals surface area contributed by atoms with Crippen LogP contribution < -0.4 is 5.73 Å². The number of benzene rings is 1. The number of hydrogen-bond donors (Lipinski definition) is 2. The summed E-state index contributed by atoms with van der Waals surface area (Å²) < 4.78 is 25.9. The predicted octanol–water partition coefficient (Wildman–Crippen LogP) is 2.86. The molecule has 0 atom stereocenters. The topological polar surface area (TPSA) is 109 Å². The van der Waals surface area contributed by atoms with Gasteiger partial charge in [-0.15, -0.1) is 0 Å². The highest BCUT2D eigenvalue weighted by atomic mass is 32.2. The van der Waals surface area contributed by atoms with Crippen molar-refractivity contribution in [3.05, 3.63) is 54.0 Å². The van der Waals surface area contributed by atoms with Crippen LogP contribution in [0, 0.1) is 0 Å². The molecular weight excluding hydrogens is 388 g/mol. The van der Waals surface area contributed by atoms with Gasteiger partial charge in [0.1, 0.15) is 0 Å². The van der Waals surface area contributed by atoms with Gasteiger partial charge >= 0.3 is 0 Å². The first kappa shape index (κ1) is 19.6. The minimum absolute atomic E-state index is 0.127. The van der Waals surface area contributed by atoms with E-state index in [2.05, 4.69) is 16.0 Å². The lowest BCUT2D eigenvalue weighted by molar-refractivity contribution is 0.100. The number of rotatable bonds is 5. The minimum atomic E-state index is -3.16. The van der Waals surface area contributed by atoms with E-state index in [4.69, 9.17) is 5.73 Å². The van der Waals surface area contributed by atoms with E-state index >= 15 is 0 Å². The second-order valence-electron chi connectivity index (χ2n) is 7.36. The minimum Gasteiger partial charge on any atom is -0.366 e. The highest BCUT2D eigenvalue weighted by molar-refractivity contribution is 7.89. The molecule has 0 radical (unpaired) electrons. The Morgan fingerprint density at radius 1 is 1.21 bits per heavy atom. The van der Waals surface area contributed by atoms with E-state index in [9.17, 15) is 13.2 Å². The molecule has 0 bridgehead atoms. The molecule has 3 heterocycles. The molecular formula is C21H24N4O3S. The molecule has 4 rings (SSSR count). The number of primary amides is 1. The summed E-state index contributed by atoms with van der Waals surface area (Å²) in [4.78, 5) is 19.4. The van der Waals surface area contributed by atoms with Gasteiger partial charge in [0.15, 0.2) is 0 Å². The van der Waals surface area contributed by atoms with Gasteiger partial charge in [0, 0.05) is 37.1 Å². The number of aromatic nitrogens is 2. The number of aromatic amines is 1. The van der Waals surface area contributed by atoms with Crippen molar-refractivity contribution in [3.8, 4) is 11.1 Å². The van der Waals surface area contributed by atoms with Crippen LogP contribution in [0.25, 0.3) is 22.0 Å². The molecule has 3 aromatic rings. The standard InChI is InChI=1S/C21H24N4O3S/c1-2-29(27,28)25-9-5-15(6-10-25)19-13-24-20-17(19)11-16(12-18(20)21(22)26)14-3-7-23-8-4-14/h3-4,7-8,11-13,15,24H,2,5-6,9-10H2,1H3,(H2,22,26). The van der Waals surface area contributed by atoms with Crippen LogP contribution >= 0.6 is 0 Å². The van der Waals surface area contributed by atoms with Crippen molar-refractivity contribution in [2.24, 2.45) is 5.73 Å². The Labute approximate surface area is 170 Å². The van der Waals surface area contributed by atoms with Crippen molar-refractivity contribution in [3.63, 3.8) is 0 Å². The Balaban J connectivity index is 1.73. The Morgan fingerprint density at radius 3 is 2.52 bits per heavy atom. The number of piperidine rings is 1. The van der Waals surface area contributed by atoms with E-state index in [-0.39, 0.29) is 11.7 Å². The molecule has 1 saturated heterocycles. The van der Waals surface area contributed by atoms with Crippen LogP contribution in [0.2, 0.25) is 0 Å². The van der Waals surface area contributed by atoms with Gasteiger partial charge in [0.05, 0.1) is 16.8 Å². The van der Waals surface area contributed by atoms with E-state index in [1.54, 1.807) is 29.7 Å². The first-order valence-electron chi connectivity index (χ1n) is 9.73. The molecule has 8 heteroatoms. The molecule has 0 aliphatic carbocycles. The van der Waals surface area contributed by atoms with Gasteiger partial charge in [0.2, 0.25) is 10.0 Å². The summed E-state index contributed by atoms with van der Waals surface area (Å²) >= 11 is 0. The second kappa shape index (κ2) is 7.61. The van der Waals surface area contributed by atoms with Crippen molar-refractivity contribution in [2.75, 3.05) is 18.8 Å². The third kappa shape index (κ3) is 3.65. The van der Waals surface area contributed by atoms with Crippen molar-refractivity contribution in [2.45, 2.75) is 25.7 Å². The number of H-pyrrole nitrogens is 1. The number of fused-ring (bicyclic) bond motifs is 1. The maximum absolute atomic E-state index is 12.1. The molecule has 152 valence electrons. The molecule has 0 saturated carbocycles. The lowest BCUT2D eigenvalue weighted by Crippen LogP contribution is -2.38. The SMILES string of the molecule is CCS(=O)(=O)N1CCC(c2c[nH]c3c(C(N)=O)cc(-c4ccncc4)cc23)CC1. The number of carbonyl (C=O) groups is 1. The second-order valence-corrected chi connectivity index (χ2v) is 9.62. The highest BCUT2D eigenvalue weighted by Gasteiger charge is 2.29. The van der Waals surface area contributed by atoms with Gasteiger partial charge in [-0.1, -0.05) is 0 Å². The number of pyridine rings is 1. The summed E-state index contributed by atoms with van der Waals surface area (Å²) in [5, 5.41) is 0.963. The number of amides is 1. The van der Waals surface area contributed by atoms with Crippen LogP contribution in [0.5, 0.6) is 0 Å². The molecule has 1 aliphatic heterocycles. The van der Waals surface area contributed by atoms with Gasteiger partial charge in [-0.25, -0.2) is 12.7 Å².